The van der Waals surface area contributed by atoms with Crippen LogP contribution in [-0.2, 0) is 11.4 Å². The first-order chi connectivity index (χ1) is 8.12. The third-order valence-corrected chi connectivity index (χ3v) is 2.06. The van der Waals surface area contributed by atoms with Crippen molar-refractivity contribution in [1.82, 2.24) is 0 Å². The van der Waals surface area contributed by atoms with Gasteiger partial charge in [-0.25, -0.2) is 0 Å². The maximum atomic E-state index is 10.7. The molecule has 6 nitrogen and oxygen atoms in total. The first-order valence-electron chi connectivity index (χ1n) is 4.89. The number of methoxy groups -OCH3 is 2. The van der Waals surface area contributed by atoms with E-state index in [0.29, 0.717) is 17.1 Å². The molecule has 0 aromatic heterocycles. The molecule has 0 unspecified atom stereocenters. The fraction of sp³-hybridized carbons (Fsp3) is 0.364. The SMILES string of the molecule is COc1cc(CO)cc(OC)c1OCC(N)=O. The molecule has 0 aliphatic rings. The van der Waals surface area contributed by atoms with Gasteiger partial charge in [0.1, 0.15) is 0 Å². The third-order valence-electron chi connectivity index (χ3n) is 2.06. The molecule has 0 heterocycles. The summed E-state index contributed by atoms with van der Waals surface area (Å²) in [5, 5.41) is 9.06. The maximum absolute atomic E-state index is 10.7. The number of nitrogens with two attached hydrogens (primary N) is 1. The summed E-state index contributed by atoms with van der Waals surface area (Å²) in [6.07, 6.45) is 0. The van der Waals surface area contributed by atoms with Crippen LogP contribution in [0.15, 0.2) is 12.1 Å². The molecule has 1 amide bonds. The molecule has 0 spiro atoms. The molecule has 0 atom stereocenters. The molecule has 0 aliphatic carbocycles. The van der Waals surface area contributed by atoms with E-state index in [4.69, 9.17) is 25.1 Å². The van der Waals surface area contributed by atoms with Crippen LogP contribution in [-0.4, -0.2) is 31.8 Å². The number of benzene rings is 1. The van der Waals surface area contributed by atoms with Crippen molar-refractivity contribution in [2.75, 3.05) is 20.8 Å². The Morgan fingerprint density at radius 3 is 2.18 bits per heavy atom. The minimum absolute atomic E-state index is 0.150. The van der Waals surface area contributed by atoms with Crippen LogP contribution in [0.4, 0.5) is 0 Å². The summed E-state index contributed by atoms with van der Waals surface area (Å²) in [7, 11) is 2.90. The van der Waals surface area contributed by atoms with Gasteiger partial charge in [-0.1, -0.05) is 0 Å². The van der Waals surface area contributed by atoms with Gasteiger partial charge < -0.3 is 25.1 Å². The number of amides is 1. The number of hydrogen-bond donors (Lipinski definition) is 2. The fourth-order valence-corrected chi connectivity index (χ4v) is 1.31. The average Bonchev–Trinajstić information content (AvgIpc) is 2.34. The lowest BCUT2D eigenvalue weighted by Gasteiger charge is -2.14. The standard InChI is InChI=1S/C11H15NO5/c1-15-8-3-7(5-13)4-9(16-2)11(8)17-6-10(12)14/h3-4,13H,5-6H2,1-2H3,(H2,12,14). The minimum atomic E-state index is -0.597. The first-order valence-corrected chi connectivity index (χ1v) is 4.89. The van der Waals surface area contributed by atoms with E-state index in [1.807, 2.05) is 0 Å². The largest absolute Gasteiger partial charge is 0.493 e. The van der Waals surface area contributed by atoms with Crippen molar-refractivity contribution in [3.05, 3.63) is 17.7 Å². The molecule has 17 heavy (non-hydrogen) atoms. The number of hydrogen-bond acceptors (Lipinski definition) is 5. The second-order valence-corrected chi connectivity index (χ2v) is 3.24. The van der Waals surface area contributed by atoms with Crippen LogP contribution in [0.3, 0.4) is 0 Å². The molecule has 0 bridgehead atoms. The summed E-state index contributed by atoms with van der Waals surface area (Å²) in [4.78, 5) is 10.7. The van der Waals surface area contributed by atoms with Crippen LogP contribution in [0, 0.1) is 0 Å². The maximum Gasteiger partial charge on any atom is 0.255 e. The summed E-state index contributed by atoms with van der Waals surface area (Å²) >= 11 is 0. The van der Waals surface area contributed by atoms with E-state index in [0.717, 1.165) is 0 Å². The molecule has 0 saturated carbocycles. The van der Waals surface area contributed by atoms with Gasteiger partial charge in [0.15, 0.2) is 18.1 Å². The Morgan fingerprint density at radius 1 is 1.29 bits per heavy atom. The predicted molar refractivity (Wildman–Crippen MR) is 60.2 cm³/mol. The van der Waals surface area contributed by atoms with Crippen LogP contribution in [0.25, 0.3) is 0 Å². The Balaban J connectivity index is 3.10. The number of ether oxygens (including phenoxy) is 3. The summed E-state index contributed by atoms with van der Waals surface area (Å²) in [6.45, 7) is -0.423. The number of aliphatic hydroxyl groups excluding tert-OH is 1. The molecule has 0 fully saturated rings. The summed E-state index contributed by atoms with van der Waals surface area (Å²) < 4.78 is 15.4. The Labute approximate surface area is 98.9 Å². The zero-order valence-electron chi connectivity index (χ0n) is 9.73. The van der Waals surface area contributed by atoms with Gasteiger partial charge in [0.25, 0.3) is 5.91 Å². The number of primary amides is 1. The van der Waals surface area contributed by atoms with Crippen molar-refractivity contribution in [3.63, 3.8) is 0 Å². The van der Waals surface area contributed by atoms with E-state index < -0.39 is 5.91 Å². The fourth-order valence-electron chi connectivity index (χ4n) is 1.31. The smallest absolute Gasteiger partial charge is 0.255 e. The molecule has 94 valence electrons. The van der Waals surface area contributed by atoms with E-state index in [1.165, 1.54) is 14.2 Å². The van der Waals surface area contributed by atoms with Crippen LogP contribution in [0.2, 0.25) is 0 Å². The molecular weight excluding hydrogens is 226 g/mol. The minimum Gasteiger partial charge on any atom is -0.493 e. The van der Waals surface area contributed by atoms with Crippen LogP contribution < -0.4 is 19.9 Å². The van der Waals surface area contributed by atoms with E-state index in [1.54, 1.807) is 12.1 Å². The van der Waals surface area contributed by atoms with Gasteiger partial charge >= 0.3 is 0 Å². The molecule has 1 rings (SSSR count). The van der Waals surface area contributed by atoms with Gasteiger partial charge in [0.05, 0.1) is 20.8 Å². The van der Waals surface area contributed by atoms with Crippen LogP contribution in [0.5, 0.6) is 17.2 Å². The second kappa shape index (κ2) is 5.95. The average molecular weight is 241 g/mol. The highest BCUT2D eigenvalue weighted by atomic mass is 16.5. The molecule has 3 N–H and O–H groups in total. The van der Waals surface area contributed by atoms with Gasteiger partial charge in [-0.3, -0.25) is 4.79 Å². The Hall–Kier alpha value is -1.95. The highest BCUT2D eigenvalue weighted by Crippen LogP contribution is 2.38. The topological polar surface area (TPSA) is 91.0 Å². The van der Waals surface area contributed by atoms with Crippen molar-refractivity contribution in [1.29, 1.82) is 0 Å². The molecular formula is C11H15NO5. The normalized spacial score (nSPS) is 9.82. The molecule has 1 aromatic rings. The predicted octanol–water partition coefficient (Wildman–Crippen LogP) is 0.0602. The number of carbonyl (C=O) groups is 1. The van der Waals surface area contributed by atoms with Crippen molar-refractivity contribution < 1.29 is 24.1 Å². The molecule has 1 aromatic carbocycles. The van der Waals surface area contributed by atoms with Gasteiger partial charge in [-0.05, 0) is 17.7 Å². The molecule has 0 aliphatic heterocycles. The van der Waals surface area contributed by atoms with E-state index in [-0.39, 0.29) is 19.0 Å². The van der Waals surface area contributed by atoms with Crippen LogP contribution >= 0.6 is 0 Å². The van der Waals surface area contributed by atoms with Crippen molar-refractivity contribution >= 4 is 5.91 Å². The van der Waals surface area contributed by atoms with E-state index in [9.17, 15) is 4.79 Å². The Bertz CT molecular complexity index is 380. The molecule has 0 radical (unpaired) electrons. The quantitative estimate of drug-likeness (QED) is 0.735. The molecule has 0 saturated heterocycles. The lowest BCUT2D eigenvalue weighted by atomic mass is 10.2. The third kappa shape index (κ3) is 3.25. The van der Waals surface area contributed by atoms with E-state index in [2.05, 4.69) is 0 Å². The highest BCUT2D eigenvalue weighted by molar-refractivity contribution is 5.75. The monoisotopic (exact) mass is 241 g/mol. The molecule has 6 heteroatoms. The van der Waals surface area contributed by atoms with E-state index >= 15 is 0 Å². The highest BCUT2D eigenvalue weighted by Gasteiger charge is 2.14. The Morgan fingerprint density at radius 2 is 1.82 bits per heavy atom. The number of carbonyl (C=O) groups excluding carboxylic acids is 1. The second-order valence-electron chi connectivity index (χ2n) is 3.24. The van der Waals surface area contributed by atoms with Crippen molar-refractivity contribution in [3.8, 4) is 17.2 Å². The first kappa shape index (κ1) is 13.1. The lowest BCUT2D eigenvalue weighted by Crippen LogP contribution is -2.20. The zero-order valence-corrected chi connectivity index (χ0v) is 9.73. The van der Waals surface area contributed by atoms with Crippen molar-refractivity contribution in [2.24, 2.45) is 5.73 Å². The number of aliphatic hydroxyl groups is 1. The van der Waals surface area contributed by atoms with Crippen molar-refractivity contribution in [2.45, 2.75) is 6.61 Å². The lowest BCUT2D eigenvalue weighted by molar-refractivity contribution is -0.119. The zero-order chi connectivity index (χ0) is 12.8. The van der Waals surface area contributed by atoms with Gasteiger partial charge in [0, 0.05) is 0 Å². The Kier molecular flexibility index (Phi) is 4.59. The number of rotatable bonds is 6. The van der Waals surface area contributed by atoms with Crippen LogP contribution in [0.1, 0.15) is 5.56 Å². The summed E-state index contributed by atoms with van der Waals surface area (Å²) in [5.74, 6) is 0.427. The summed E-state index contributed by atoms with van der Waals surface area (Å²) in [5.41, 5.74) is 5.61. The van der Waals surface area contributed by atoms with Gasteiger partial charge in [0.2, 0.25) is 5.75 Å². The summed E-state index contributed by atoms with van der Waals surface area (Å²) in [6, 6.07) is 3.19. The van der Waals surface area contributed by atoms with Gasteiger partial charge in [-0.15, -0.1) is 0 Å². The van der Waals surface area contributed by atoms with Gasteiger partial charge in [-0.2, -0.15) is 0 Å².